The fourth-order valence-corrected chi connectivity index (χ4v) is 2.10. The van der Waals surface area contributed by atoms with Crippen LogP contribution < -0.4 is 10.6 Å². The number of rotatable bonds is 8. The molecule has 0 unspecified atom stereocenters. The van der Waals surface area contributed by atoms with Gasteiger partial charge in [-0.15, -0.1) is 0 Å². The summed E-state index contributed by atoms with van der Waals surface area (Å²) in [6, 6.07) is 2.45. The Morgan fingerprint density at radius 3 is 2.47 bits per heavy atom. The van der Waals surface area contributed by atoms with Crippen LogP contribution in [0.2, 0.25) is 5.02 Å². The Morgan fingerprint density at radius 2 is 1.95 bits per heavy atom. The van der Waals surface area contributed by atoms with E-state index in [4.69, 9.17) is 11.6 Å². The third kappa shape index (κ3) is 5.79. The molecule has 0 saturated heterocycles. The summed E-state index contributed by atoms with van der Waals surface area (Å²) < 4.78 is 0. The van der Waals surface area contributed by atoms with Gasteiger partial charge >= 0.3 is 0 Å². The molecule has 0 fully saturated rings. The number of nitrogens with zero attached hydrogens (tertiary/aromatic N) is 1. The van der Waals surface area contributed by atoms with Gasteiger partial charge < -0.3 is 10.6 Å². The molecule has 0 amide bonds. The highest BCUT2D eigenvalue weighted by atomic mass is 35.5. The molecule has 0 spiro atoms. The number of halogens is 1. The van der Waals surface area contributed by atoms with Crippen molar-refractivity contribution in [2.24, 2.45) is 5.92 Å². The van der Waals surface area contributed by atoms with E-state index in [0.717, 1.165) is 24.5 Å². The van der Waals surface area contributed by atoms with E-state index in [-0.39, 0.29) is 0 Å². The molecule has 0 atom stereocenters. The average molecular weight is 284 g/mol. The average Bonchev–Trinajstić information content (AvgIpc) is 2.39. The zero-order valence-electron chi connectivity index (χ0n) is 12.5. The number of anilines is 1. The van der Waals surface area contributed by atoms with Gasteiger partial charge in [0.15, 0.2) is 0 Å². The van der Waals surface area contributed by atoms with Crippen LogP contribution in [0.1, 0.15) is 46.1 Å². The Labute approximate surface area is 122 Å². The smallest absolute Gasteiger partial charge is 0.144 e. The van der Waals surface area contributed by atoms with Crippen molar-refractivity contribution in [2.45, 2.75) is 53.1 Å². The van der Waals surface area contributed by atoms with Crippen LogP contribution in [0, 0.1) is 5.92 Å². The molecule has 2 N–H and O–H groups in total. The summed E-state index contributed by atoms with van der Waals surface area (Å²) >= 11 is 6.26. The van der Waals surface area contributed by atoms with Crippen LogP contribution in [0.3, 0.4) is 0 Å². The quantitative estimate of drug-likeness (QED) is 0.755. The van der Waals surface area contributed by atoms with Crippen molar-refractivity contribution in [2.75, 3.05) is 11.9 Å². The number of aromatic nitrogens is 1. The van der Waals surface area contributed by atoms with Crippen molar-refractivity contribution >= 4 is 17.4 Å². The van der Waals surface area contributed by atoms with E-state index in [0.29, 0.717) is 17.0 Å². The lowest BCUT2D eigenvalue weighted by Gasteiger charge is -2.15. The summed E-state index contributed by atoms with van der Waals surface area (Å²) in [5.74, 6) is 1.47. The highest BCUT2D eigenvalue weighted by Gasteiger charge is 2.07. The van der Waals surface area contributed by atoms with Gasteiger partial charge in [-0.25, -0.2) is 4.98 Å². The van der Waals surface area contributed by atoms with Crippen molar-refractivity contribution in [3.8, 4) is 0 Å². The van der Waals surface area contributed by atoms with Crippen molar-refractivity contribution in [3.63, 3.8) is 0 Å². The van der Waals surface area contributed by atoms with Crippen LogP contribution in [0.25, 0.3) is 0 Å². The molecule has 1 rings (SSSR count). The maximum absolute atomic E-state index is 6.26. The summed E-state index contributed by atoms with van der Waals surface area (Å²) in [6.07, 6.45) is 4.24. The molecule has 0 aliphatic rings. The van der Waals surface area contributed by atoms with E-state index in [2.05, 4.69) is 43.3 Å². The van der Waals surface area contributed by atoms with Gasteiger partial charge in [0, 0.05) is 25.3 Å². The lowest BCUT2D eigenvalue weighted by atomic mass is 10.0. The van der Waals surface area contributed by atoms with Crippen molar-refractivity contribution in [1.82, 2.24) is 10.3 Å². The minimum Gasteiger partial charge on any atom is -0.369 e. The minimum absolute atomic E-state index is 0.464. The molecular weight excluding hydrogens is 258 g/mol. The second-order valence-corrected chi connectivity index (χ2v) is 5.68. The van der Waals surface area contributed by atoms with Gasteiger partial charge in [0.2, 0.25) is 0 Å². The zero-order chi connectivity index (χ0) is 14.3. The van der Waals surface area contributed by atoms with Crippen LogP contribution in [0.15, 0.2) is 12.3 Å². The third-order valence-electron chi connectivity index (χ3n) is 3.33. The number of hydrogen-bond donors (Lipinski definition) is 2. The fourth-order valence-electron chi connectivity index (χ4n) is 1.84. The van der Waals surface area contributed by atoms with Crippen molar-refractivity contribution in [1.29, 1.82) is 0 Å². The molecule has 108 valence electrons. The van der Waals surface area contributed by atoms with Gasteiger partial charge in [-0.05, 0) is 17.5 Å². The Kier molecular flexibility index (Phi) is 7.17. The summed E-state index contributed by atoms with van der Waals surface area (Å²) in [5, 5.41) is 7.40. The van der Waals surface area contributed by atoms with Crippen molar-refractivity contribution < 1.29 is 0 Å². The zero-order valence-corrected chi connectivity index (χ0v) is 13.2. The van der Waals surface area contributed by atoms with E-state index >= 15 is 0 Å². The van der Waals surface area contributed by atoms with E-state index in [9.17, 15) is 0 Å². The first-order valence-corrected chi connectivity index (χ1v) is 7.56. The molecule has 0 bridgehead atoms. The maximum atomic E-state index is 6.26. The van der Waals surface area contributed by atoms with Gasteiger partial charge in [0.05, 0.1) is 5.02 Å². The normalized spacial score (nSPS) is 11.3. The molecule has 1 aromatic rings. The summed E-state index contributed by atoms with van der Waals surface area (Å²) in [4.78, 5) is 4.41. The molecule has 3 nitrogen and oxygen atoms in total. The van der Waals surface area contributed by atoms with Gasteiger partial charge in [0.1, 0.15) is 5.82 Å². The molecule has 19 heavy (non-hydrogen) atoms. The summed E-state index contributed by atoms with van der Waals surface area (Å²) in [5.41, 5.74) is 1.12. The van der Waals surface area contributed by atoms with Crippen molar-refractivity contribution in [3.05, 3.63) is 22.8 Å². The maximum Gasteiger partial charge on any atom is 0.144 e. The van der Waals surface area contributed by atoms with Crippen LogP contribution in [0.5, 0.6) is 0 Å². The highest BCUT2D eigenvalue weighted by Crippen LogP contribution is 2.21. The highest BCUT2D eigenvalue weighted by molar-refractivity contribution is 6.32. The largest absolute Gasteiger partial charge is 0.369 e. The predicted octanol–water partition coefficient (Wildman–Crippen LogP) is 4.08. The standard InChI is InChI=1S/C15H26ClN3/c1-5-12(6-2)8-18-15-14(16)7-13(10-19-15)9-17-11(3)4/h7,10-12,17H,5-6,8-9H2,1-4H3,(H,18,19). The van der Waals surface area contributed by atoms with Gasteiger partial charge in [-0.3, -0.25) is 0 Å². The first-order valence-electron chi connectivity index (χ1n) is 7.18. The van der Waals surface area contributed by atoms with E-state index in [1.165, 1.54) is 12.8 Å². The SMILES string of the molecule is CCC(CC)CNc1ncc(CNC(C)C)cc1Cl. The second kappa shape index (κ2) is 8.39. The Hall–Kier alpha value is -0.800. The van der Waals surface area contributed by atoms with E-state index < -0.39 is 0 Å². The molecular formula is C15H26ClN3. The van der Waals surface area contributed by atoms with Gasteiger partial charge in [-0.2, -0.15) is 0 Å². The van der Waals surface area contributed by atoms with Gasteiger partial charge in [-0.1, -0.05) is 52.1 Å². The first kappa shape index (κ1) is 16.3. The molecule has 4 heteroatoms. The number of nitrogens with one attached hydrogen (secondary N) is 2. The lowest BCUT2D eigenvalue weighted by Crippen LogP contribution is -2.22. The summed E-state index contributed by atoms with van der Waals surface area (Å²) in [6.45, 7) is 10.4. The molecule has 0 aromatic carbocycles. The minimum atomic E-state index is 0.464. The molecule has 1 aromatic heterocycles. The van der Waals surface area contributed by atoms with Crippen LogP contribution >= 0.6 is 11.6 Å². The lowest BCUT2D eigenvalue weighted by molar-refractivity contribution is 0.518. The second-order valence-electron chi connectivity index (χ2n) is 5.27. The summed E-state index contributed by atoms with van der Waals surface area (Å²) in [7, 11) is 0. The molecule has 0 aliphatic heterocycles. The Balaban J connectivity index is 2.56. The third-order valence-corrected chi connectivity index (χ3v) is 3.61. The molecule has 0 radical (unpaired) electrons. The van der Waals surface area contributed by atoms with Crippen LogP contribution in [-0.4, -0.2) is 17.6 Å². The Morgan fingerprint density at radius 1 is 1.26 bits per heavy atom. The molecule has 0 aliphatic carbocycles. The predicted molar refractivity (Wildman–Crippen MR) is 83.8 cm³/mol. The number of pyridine rings is 1. The van der Waals surface area contributed by atoms with Gasteiger partial charge in [0.25, 0.3) is 0 Å². The monoisotopic (exact) mass is 283 g/mol. The number of hydrogen-bond acceptors (Lipinski definition) is 3. The first-order chi connectivity index (χ1) is 9.06. The van der Waals surface area contributed by atoms with Crippen LogP contribution in [0.4, 0.5) is 5.82 Å². The molecule has 1 heterocycles. The Bertz CT molecular complexity index is 376. The fraction of sp³-hybridized carbons (Fsp3) is 0.667. The van der Waals surface area contributed by atoms with Crippen LogP contribution in [-0.2, 0) is 6.54 Å². The topological polar surface area (TPSA) is 37.0 Å². The van der Waals surface area contributed by atoms with E-state index in [1.807, 2.05) is 12.3 Å². The molecule has 0 saturated carbocycles. The van der Waals surface area contributed by atoms with E-state index in [1.54, 1.807) is 0 Å².